The van der Waals surface area contributed by atoms with Gasteiger partial charge in [0.1, 0.15) is 5.69 Å². The van der Waals surface area contributed by atoms with E-state index in [1.54, 1.807) is 22.6 Å². The maximum absolute atomic E-state index is 11.8. The van der Waals surface area contributed by atoms with Crippen molar-refractivity contribution in [3.8, 4) is 0 Å². The molecule has 1 atom stereocenters. The Balaban J connectivity index is 1.84. The number of rotatable bonds is 5. The van der Waals surface area contributed by atoms with E-state index < -0.39 is 10.0 Å². The van der Waals surface area contributed by atoms with Gasteiger partial charge in [0.05, 0.1) is 6.26 Å². The van der Waals surface area contributed by atoms with E-state index >= 15 is 0 Å². The van der Waals surface area contributed by atoms with E-state index in [0.29, 0.717) is 25.2 Å². The number of carbonyl (C=O) groups is 1. The van der Waals surface area contributed by atoms with Crippen molar-refractivity contribution in [2.45, 2.75) is 31.7 Å². The number of H-pyrrole nitrogens is 1. The third kappa shape index (κ3) is 3.83. The van der Waals surface area contributed by atoms with Crippen LogP contribution >= 0.6 is 0 Å². The summed E-state index contributed by atoms with van der Waals surface area (Å²) in [6.45, 7) is 1.07. The molecular weight excluding hydrogens is 278 g/mol. The van der Waals surface area contributed by atoms with Crippen LogP contribution in [0.4, 0.5) is 0 Å². The van der Waals surface area contributed by atoms with Crippen LogP contribution in [0.2, 0.25) is 0 Å². The maximum Gasteiger partial charge on any atom is 0.267 e. The summed E-state index contributed by atoms with van der Waals surface area (Å²) < 4.78 is 25.0. The summed E-state index contributed by atoms with van der Waals surface area (Å²) >= 11 is 0. The first kappa shape index (κ1) is 15.1. The van der Waals surface area contributed by atoms with Gasteiger partial charge in [-0.2, -0.15) is 4.31 Å². The number of piperidine rings is 1. The molecule has 2 heterocycles. The van der Waals surface area contributed by atoms with Gasteiger partial charge in [0.15, 0.2) is 0 Å². The lowest BCUT2D eigenvalue weighted by atomic mass is 10.0. The van der Waals surface area contributed by atoms with Crippen molar-refractivity contribution < 1.29 is 13.2 Å². The summed E-state index contributed by atoms with van der Waals surface area (Å²) in [6.07, 6.45) is 6.43. The van der Waals surface area contributed by atoms with Crippen LogP contribution in [0.1, 0.15) is 36.2 Å². The molecule has 0 radical (unpaired) electrons. The Morgan fingerprint density at radius 1 is 1.50 bits per heavy atom. The molecule has 2 N–H and O–H groups in total. The molecule has 20 heavy (non-hydrogen) atoms. The van der Waals surface area contributed by atoms with E-state index in [2.05, 4.69) is 10.3 Å². The summed E-state index contributed by atoms with van der Waals surface area (Å²) in [5.74, 6) is -0.156. The average molecular weight is 299 g/mol. The van der Waals surface area contributed by atoms with E-state index in [1.165, 1.54) is 6.26 Å². The van der Waals surface area contributed by atoms with Gasteiger partial charge < -0.3 is 10.3 Å². The van der Waals surface area contributed by atoms with Crippen molar-refractivity contribution >= 4 is 15.9 Å². The third-order valence-electron chi connectivity index (χ3n) is 3.60. The second-order valence-corrected chi connectivity index (χ2v) is 7.09. The lowest BCUT2D eigenvalue weighted by Crippen LogP contribution is -2.44. The molecule has 1 fully saturated rings. The van der Waals surface area contributed by atoms with Crippen LogP contribution < -0.4 is 5.32 Å². The lowest BCUT2D eigenvalue weighted by Gasteiger charge is -2.33. The van der Waals surface area contributed by atoms with Gasteiger partial charge in [-0.25, -0.2) is 8.42 Å². The molecule has 0 aromatic carbocycles. The molecule has 7 heteroatoms. The van der Waals surface area contributed by atoms with Gasteiger partial charge in [-0.1, -0.05) is 6.42 Å². The topological polar surface area (TPSA) is 82.3 Å². The molecule has 1 aliphatic rings. The fourth-order valence-electron chi connectivity index (χ4n) is 2.62. The first-order valence-corrected chi connectivity index (χ1v) is 8.72. The van der Waals surface area contributed by atoms with Crippen LogP contribution in [0.25, 0.3) is 0 Å². The summed E-state index contributed by atoms with van der Waals surface area (Å²) in [5.41, 5.74) is 0.522. The quantitative estimate of drug-likeness (QED) is 0.849. The summed E-state index contributed by atoms with van der Waals surface area (Å²) in [5, 5.41) is 2.81. The number of carbonyl (C=O) groups excluding carboxylic acids is 1. The van der Waals surface area contributed by atoms with Crippen molar-refractivity contribution in [1.29, 1.82) is 0 Å². The van der Waals surface area contributed by atoms with E-state index in [0.717, 1.165) is 19.3 Å². The molecule has 6 nitrogen and oxygen atoms in total. The molecule has 1 aromatic heterocycles. The number of nitrogens with zero attached hydrogens (tertiary/aromatic N) is 1. The number of hydrogen-bond donors (Lipinski definition) is 2. The van der Waals surface area contributed by atoms with Crippen LogP contribution in [0, 0.1) is 0 Å². The first-order chi connectivity index (χ1) is 9.48. The minimum atomic E-state index is -3.15. The molecule has 0 unspecified atom stereocenters. The number of amides is 1. The molecule has 1 aromatic rings. The number of hydrogen-bond acceptors (Lipinski definition) is 3. The molecule has 1 saturated heterocycles. The SMILES string of the molecule is CS(=O)(=O)N1CCCC[C@H]1CCNC(=O)c1ccc[nH]1. The van der Waals surface area contributed by atoms with E-state index in [-0.39, 0.29) is 11.9 Å². The third-order valence-corrected chi connectivity index (χ3v) is 4.94. The van der Waals surface area contributed by atoms with Gasteiger partial charge in [-0.05, 0) is 31.4 Å². The van der Waals surface area contributed by atoms with Crippen LogP contribution in [-0.4, -0.2) is 49.0 Å². The van der Waals surface area contributed by atoms with Gasteiger partial charge >= 0.3 is 0 Å². The van der Waals surface area contributed by atoms with Crippen LogP contribution in [0.5, 0.6) is 0 Å². The van der Waals surface area contributed by atoms with Crippen molar-refractivity contribution in [3.05, 3.63) is 24.0 Å². The Labute approximate surface area is 119 Å². The highest BCUT2D eigenvalue weighted by Gasteiger charge is 2.28. The Hall–Kier alpha value is -1.34. The highest BCUT2D eigenvalue weighted by atomic mass is 32.2. The highest BCUT2D eigenvalue weighted by molar-refractivity contribution is 7.88. The largest absolute Gasteiger partial charge is 0.357 e. The fraction of sp³-hybridized carbons (Fsp3) is 0.615. The van der Waals surface area contributed by atoms with Gasteiger partial charge in [0.2, 0.25) is 10.0 Å². The average Bonchev–Trinajstić information content (AvgIpc) is 2.92. The Kier molecular flexibility index (Phi) is 4.82. The zero-order chi connectivity index (χ0) is 14.6. The van der Waals surface area contributed by atoms with Gasteiger partial charge in [0.25, 0.3) is 5.91 Å². The predicted molar refractivity (Wildman–Crippen MR) is 76.9 cm³/mol. The summed E-state index contributed by atoms with van der Waals surface area (Å²) in [7, 11) is -3.15. The van der Waals surface area contributed by atoms with Crippen molar-refractivity contribution in [1.82, 2.24) is 14.6 Å². The normalized spacial score (nSPS) is 20.8. The highest BCUT2D eigenvalue weighted by Crippen LogP contribution is 2.21. The number of aromatic nitrogens is 1. The zero-order valence-corrected chi connectivity index (χ0v) is 12.4. The van der Waals surface area contributed by atoms with Gasteiger partial charge in [-0.15, -0.1) is 0 Å². The standard InChI is InChI=1S/C13H21N3O3S/c1-20(18,19)16-10-3-2-5-11(16)7-9-15-13(17)12-6-4-8-14-12/h4,6,8,11,14H,2-3,5,7,9-10H2,1H3,(H,15,17)/t11-/m0/s1. The number of nitrogens with one attached hydrogen (secondary N) is 2. The molecule has 0 spiro atoms. The monoisotopic (exact) mass is 299 g/mol. The van der Waals surface area contributed by atoms with Crippen molar-refractivity contribution in [2.24, 2.45) is 0 Å². The Morgan fingerprint density at radius 3 is 2.95 bits per heavy atom. The van der Waals surface area contributed by atoms with Crippen molar-refractivity contribution in [2.75, 3.05) is 19.3 Å². The fourth-order valence-corrected chi connectivity index (χ4v) is 3.83. The van der Waals surface area contributed by atoms with Crippen LogP contribution in [-0.2, 0) is 10.0 Å². The zero-order valence-electron chi connectivity index (χ0n) is 11.6. The van der Waals surface area contributed by atoms with E-state index in [1.807, 2.05) is 0 Å². The van der Waals surface area contributed by atoms with E-state index in [4.69, 9.17) is 0 Å². The molecule has 1 aliphatic heterocycles. The first-order valence-electron chi connectivity index (χ1n) is 6.87. The Morgan fingerprint density at radius 2 is 2.30 bits per heavy atom. The van der Waals surface area contributed by atoms with Crippen LogP contribution in [0.15, 0.2) is 18.3 Å². The second-order valence-electron chi connectivity index (χ2n) is 5.15. The summed E-state index contributed by atoms with van der Waals surface area (Å²) in [6, 6.07) is 3.47. The molecule has 0 saturated carbocycles. The summed E-state index contributed by atoms with van der Waals surface area (Å²) in [4.78, 5) is 14.6. The molecular formula is C13H21N3O3S. The minimum Gasteiger partial charge on any atom is -0.357 e. The van der Waals surface area contributed by atoms with Crippen molar-refractivity contribution in [3.63, 3.8) is 0 Å². The molecule has 0 bridgehead atoms. The Bertz CT molecular complexity index is 539. The molecule has 2 rings (SSSR count). The molecule has 112 valence electrons. The van der Waals surface area contributed by atoms with E-state index in [9.17, 15) is 13.2 Å². The maximum atomic E-state index is 11.8. The number of aromatic amines is 1. The molecule has 1 amide bonds. The predicted octanol–water partition coefficient (Wildman–Crippen LogP) is 0.949. The number of sulfonamides is 1. The van der Waals surface area contributed by atoms with Gasteiger partial charge in [0, 0.05) is 25.3 Å². The smallest absolute Gasteiger partial charge is 0.267 e. The second kappa shape index (κ2) is 6.41. The van der Waals surface area contributed by atoms with Crippen LogP contribution in [0.3, 0.4) is 0 Å². The van der Waals surface area contributed by atoms with Gasteiger partial charge in [-0.3, -0.25) is 4.79 Å². The minimum absolute atomic E-state index is 0.00249. The molecule has 0 aliphatic carbocycles. The lowest BCUT2D eigenvalue weighted by molar-refractivity contribution is 0.0945.